The minimum atomic E-state index is -0.784. The topological polar surface area (TPSA) is 64.8 Å². The molecule has 1 aromatic carbocycles. The molecule has 1 N–H and O–H groups in total. The van der Waals surface area contributed by atoms with Crippen molar-refractivity contribution in [1.82, 2.24) is 19.6 Å². The van der Waals surface area contributed by atoms with Gasteiger partial charge in [0.2, 0.25) is 0 Å². The quantitative estimate of drug-likeness (QED) is 0.705. The zero-order chi connectivity index (χ0) is 23.0. The van der Waals surface area contributed by atoms with E-state index in [4.69, 9.17) is 5.10 Å². The van der Waals surface area contributed by atoms with Crippen molar-refractivity contribution in [3.8, 4) is 11.3 Å². The van der Waals surface area contributed by atoms with Crippen LogP contribution in [0.25, 0.3) is 11.3 Å². The average molecular weight is 452 g/mol. The Balaban J connectivity index is 1.42. The summed E-state index contributed by atoms with van der Waals surface area (Å²) in [6.07, 6.45) is 8.20. The van der Waals surface area contributed by atoms with Crippen LogP contribution < -0.4 is 4.90 Å². The van der Waals surface area contributed by atoms with Gasteiger partial charge in [0.25, 0.3) is 0 Å². The third-order valence-electron chi connectivity index (χ3n) is 7.99. The van der Waals surface area contributed by atoms with Gasteiger partial charge in [-0.15, -0.1) is 0 Å². The van der Waals surface area contributed by atoms with E-state index in [2.05, 4.69) is 58.8 Å². The molecule has 3 aliphatic heterocycles. The van der Waals surface area contributed by atoms with Crippen LogP contribution in [0.15, 0.2) is 30.5 Å². The van der Waals surface area contributed by atoms with Crippen LogP contribution in [0.1, 0.15) is 64.0 Å². The highest BCUT2D eigenvalue weighted by molar-refractivity contribution is 5.68. The van der Waals surface area contributed by atoms with Crippen LogP contribution >= 0.6 is 0 Å². The average Bonchev–Trinajstić information content (AvgIpc) is 3.56. The number of hydrogen-bond acceptors (Lipinski definition) is 4. The van der Waals surface area contributed by atoms with E-state index < -0.39 is 6.09 Å². The summed E-state index contributed by atoms with van der Waals surface area (Å²) in [5, 5.41) is 14.4. The molecule has 1 amide bonds. The van der Waals surface area contributed by atoms with Crippen LogP contribution in [0.2, 0.25) is 0 Å². The minimum absolute atomic E-state index is 0.126. The summed E-state index contributed by atoms with van der Waals surface area (Å²) in [7, 11) is 0. The molecule has 7 nitrogen and oxygen atoms in total. The number of amides is 1. The molecule has 0 aliphatic carbocycles. The molecule has 0 atom stereocenters. The highest BCUT2D eigenvalue weighted by atomic mass is 16.4. The first kappa shape index (κ1) is 22.3. The van der Waals surface area contributed by atoms with Crippen molar-refractivity contribution in [2.45, 2.75) is 70.5 Å². The molecule has 1 aromatic heterocycles. The zero-order valence-electron chi connectivity index (χ0n) is 20.0. The number of anilines is 1. The van der Waals surface area contributed by atoms with Gasteiger partial charge in [0, 0.05) is 67.3 Å². The fourth-order valence-electron chi connectivity index (χ4n) is 6.01. The standard InChI is InChI=1S/C26H37N5O2/c1-20(2)31-19-22(18-30-14-6-9-26(30)10-15-29(16-11-26)25(32)33)24(27-31)21-7-5-8-23(17-21)28-12-3-4-13-28/h5,7-8,17,19-20H,3-4,6,9-16,18H2,1-2H3,(H,32,33). The summed E-state index contributed by atoms with van der Waals surface area (Å²) in [6, 6.07) is 9.21. The number of benzene rings is 1. The highest BCUT2D eigenvalue weighted by Crippen LogP contribution is 2.40. The van der Waals surface area contributed by atoms with Gasteiger partial charge >= 0.3 is 6.09 Å². The summed E-state index contributed by atoms with van der Waals surface area (Å²) in [6.45, 7) is 9.88. The Kier molecular flexibility index (Phi) is 6.08. The van der Waals surface area contributed by atoms with E-state index >= 15 is 0 Å². The van der Waals surface area contributed by atoms with Gasteiger partial charge in [-0.1, -0.05) is 12.1 Å². The molecule has 2 aromatic rings. The summed E-state index contributed by atoms with van der Waals surface area (Å²) < 4.78 is 2.10. The van der Waals surface area contributed by atoms with Crippen molar-refractivity contribution >= 4 is 11.8 Å². The summed E-state index contributed by atoms with van der Waals surface area (Å²) >= 11 is 0. The van der Waals surface area contributed by atoms with Crippen LogP contribution in [0.4, 0.5) is 10.5 Å². The smallest absolute Gasteiger partial charge is 0.407 e. The number of aromatic nitrogens is 2. The molecule has 0 unspecified atom stereocenters. The zero-order valence-corrected chi connectivity index (χ0v) is 20.0. The van der Waals surface area contributed by atoms with E-state index in [0.29, 0.717) is 19.1 Å². The fraction of sp³-hybridized carbons (Fsp3) is 0.615. The third kappa shape index (κ3) is 4.35. The second kappa shape index (κ2) is 9.01. The second-order valence-corrected chi connectivity index (χ2v) is 10.3. The molecular weight excluding hydrogens is 414 g/mol. The normalized spacial score (nSPS) is 20.9. The summed E-state index contributed by atoms with van der Waals surface area (Å²) in [4.78, 5) is 18.1. The lowest BCUT2D eigenvalue weighted by atomic mass is 9.85. The first-order valence-electron chi connectivity index (χ1n) is 12.6. The lowest BCUT2D eigenvalue weighted by molar-refractivity contribution is 0.0480. The Morgan fingerprint density at radius 3 is 2.52 bits per heavy atom. The van der Waals surface area contributed by atoms with Crippen molar-refractivity contribution in [2.24, 2.45) is 0 Å². The molecule has 0 bridgehead atoms. The van der Waals surface area contributed by atoms with Gasteiger partial charge in [-0.3, -0.25) is 9.58 Å². The number of rotatable bonds is 5. The van der Waals surface area contributed by atoms with E-state index in [-0.39, 0.29) is 5.54 Å². The van der Waals surface area contributed by atoms with Crippen molar-refractivity contribution in [3.63, 3.8) is 0 Å². The maximum absolute atomic E-state index is 11.4. The van der Waals surface area contributed by atoms with Crippen molar-refractivity contribution < 1.29 is 9.90 Å². The number of piperidine rings is 1. The van der Waals surface area contributed by atoms with Gasteiger partial charge in [-0.25, -0.2) is 4.79 Å². The van der Waals surface area contributed by atoms with Gasteiger partial charge in [-0.2, -0.15) is 5.10 Å². The molecule has 3 saturated heterocycles. The van der Waals surface area contributed by atoms with E-state index in [1.165, 1.54) is 42.5 Å². The first-order valence-corrected chi connectivity index (χ1v) is 12.6. The lowest BCUT2D eigenvalue weighted by Gasteiger charge is -2.44. The van der Waals surface area contributed by atoms with E-state index in [9.17, 15) is 9.90 Å². The Bertz CT molecular complexity index is 986. The number of carbonyl (C=O) groups is 1. The number of hydrogen-bond donors (Lipinski definition) is 1. The number of likely N-dealkylation sites (tertiary alicyclic amines) is 2. The Morgan fingerprint density at radius 1 is 1.06 bits per heavy atom. The first-order chi connectivity index (χ1) is 15.9. The van der Waals surface area contributed by atoms with Crippen LogP contribution in [0, 0.1) is 0 Å². The number of nitrogens with zero attached hydrogens (tertiary/aromatic N) is 5. The molecule has 0 radical (unpaired) electrons. The maximum Gasteiger partial charge on any atom is 0.407 e. The molecule has 3 fully saturated rings. The fourth-order valence-corrected chi connectivity index (χ4v) is 6.01. The van der Waals surface area contributed by atoms with Gasteiger partial charge in [0.15, 0.2) is 0 Å². The van der Waals surface area contributed by atoms with Crippen LogP contribution in [0.5, 0.6) is 0 Å². The monoisotopic (exact) mass is 451 g/mol. The maximum atomic E-state index is 11.4. The predicted molar refractivity (Wildman–Crippen MR) is 131 cm³/mol. The van der Waals surface area contributed by atoms with E-state index in [1.807, 2.05) is 0 Å². The Morgan fingerprint density at radius 2 is 1.82 bits per heavy atom. The molecule has 3 aliphatic rings. The summed E-state index contributed by atoms with van der Waals surface area (Å²) in [5.41, 5.74) is 5.00. The highest BCUT2D eigenvalue weighted by Gasteiger charge is 2.44. The van der Waals surface area contributed by atoms with Gasteiger partial charge < -0.3 is 14.9 Å². The Labute approximate surface area is 197 Å². The van der Waals surface area contributed by atoms with Crippen LogP contribution in [-0.4, -0.2) is 69.0 Å². The van der Waals surface area contributed by atoms with Gasteiger partial charge in [-0.05, 0) is 71.0 Å². The largest absolute Gasteiger partial charge is 0.465 e. The van der Waals surface area contributed by atoms with Crippen molar-refractivity contribution in [1.29, 1.82) is 0 Å². The van der Waals surface area contributed by atoms with Gasteiger partial charge in [0.05, 0.1) is 5.69 Å². The minimum Gasteiger partial charge on any atom is -0.465 e. The van der Waals surface area contributed by atoms with Crippen molar-refractivity contribution in [3.05, 3.63) is 36.0 Å². The SMILES string of the molecule is CC(C)n1cc(CN2CCCC23CCN(C(=O)O)CC3)c(-c2cccc(N3CCCC3)c2)n1. The summed E-state index contributed by atoms with van der Waals surface area (Å²) in [5.74, 6) is 0. The molecule has 0 saturated carbocycles. The van der Waals surface area contributed by atoms with E-state index in [0.717, 1.165) is 44.7 Å². The molecular formula is C26H37N5O2. The molecule has 7 heteroatoms. The second-order valence-electron chi connectivity index (χ2n) is 10.3. The van der Waals surface area contributed by atoms with Crippen LogP contribution in [-0.2, 0) is 6.54 Å². The van der Waals surface area contributed by atoms with E-state index in [1.54, 1.807) is 4.90 Å². The lowest BCUT2D eigenvalue weighted by Crippen LogP contribution is -2.52. The van der Waals surface area contributed by atoms with Gasteiger partial charge in [0.1, 0.15) is 0 Å². The third-order valence-corrected chi connectivity index (χ3v) is 7.99. The van der Waals surface area contributed by atoms with Crippen LogP contribution in [0.3, 0.4) is 0 Å². The predicted octanol–water partition coefficient (Wildman–Crippen LogP) is 4.84. The molecule has 5 rings (SSSR count). The molecule has 4 heterocycles. The van der Waals surface area contributed by atoms with Crippen molar-refractivity contribution in [2.75, 3.05) is 37.6 Å². The molecule has 33 heavy (non-hydrogen) atoms. The Hall–Kier alpha value is -2.54. The number of carboxylic acid groups (broad SMARTS) is 1. The molecule has 178 valence electrons. The molecule has 1 spiro atoms.